The van der Waals surface area contributed by atoms with Crippen LogP contribution in [0.2, 0.25) is 0 Å². The molecule has 0 saturated carbocycles. The Bertz CT molecular complexity index is 2480. The second-order valence-corrected chi connectivity index (χ2v) is 12.3. The Hall–Kier alpha value is -6.78. The molecule has 6 aromatic carbocycles. The Morgan fingerprint density at radius 3 is 1.50 bits per heavy atom. The Morgan fingerprint density at radius 2 is 0.920 bits per heavy atom. The van der Waals surface area contributed by atoms with Crippen molar-refractivity contribution >= 4 is 39.1 Å². The van der Waals surface area contributed by atoms with E-state index >= 15 is 0 Å². The summed E-state index contributed by atoms with van der Waals surface area (Å²) in [5.41, 5.74) is 14.7. The minimum Gasteiger partial charge on any atom is -0.454 e. The number of fused-ring (bicyclic) bond motifs is 3. The molecular weight excluding hydrogens is 611 g/mol. The van der Waals surface area contributed by atoms with E-state index in [1.807, 2.05) is 24.5 Å². The highest BCUT2D eigenvalue weighted by molar-refractivity contribution is 6.07. The lowest BCUT2D eigenvalue weighted by atomic mass is 9.99. The summed E-state index contributed by atoms with van der Waals surface area (Å²) >= 11 is 0. The molecule has 4 heteroatoms. The van der Waals surface area contributed by atoms with Crippen LogP contribution < -0.4 is 4.90 Å². The van der Waals surface area contributed by atoms with Gasteiger partial charge < -0.3 is 9.32 Å². The molecule has 0 aliphatic carbocycles. The average Bonchev–Trinajstić information content (AvgIpc) is 3.59. The predicted molar refractivity (Wildman–Crippen MR) is 206 cm³/mol. The lowest BCUT2D eigenvalue weighted by Crippen LogP contribution is -2.09. The van der Waals surface area contributed by atoms with Crippen molar-refractivity contribution in [3.05, 3.63) is 188 Å². The Kier molecular flexibility index (Phi) is 7.45. The summed E-state index contributed by atoms with van der Waals surface area (Å²) in [7, 11) is 0. The van der Waals surface area contributed by atoms with Gasteiger partial charge in [0.1, 0.15) is 11.1 Å². The second kappa shape index (κ2) is 12.7. The van der Waals surface area contributed by atoms with Crippen LogP contribution in [0.3, 0.4) is 0 Å². The van der Waals surface area contributed by atoms with Crippen molar-refractivity contribution in [1.29, 1.82) is 0 Å². The largest absolute Gasteiger partial charge is 0.454 e. The van der Waals surface area contributed by atoms with Crippen LogP contribution in [0, 0.1) is 0 Å². The highest BCUT2D eigenvalue weighted by Gasteiger charge is 2.16. The number of benzene rings is 6. The number of nitrogens with zero attached hydrogens (tertiary/aromatic N) is 3. The molecule has 0 aliphatic rings. The van der Waals surface area contributed by atoms with E-state index in [0.29, 0.717) is 0 Å². The van der Waals surface area contributed by atoms with Gasteiger partial charge in [0.2, 0.25) is 0 Å². The van der Waals surface area contributed by atoms with E-state index in [-0.39, 0.29) is 0 Å². The lowest BCUT2D eigenvalue weighted by molar-refractivity contribution is 0.669. The first-order chi connectivity index (χ1) is 24.8. The van der Waals surface area contributed by atoms with Crippen molar-refractivity contribution in [2.45, 2.75) is 0 Å². The topological polar surface area (TPSA) is 42.2 Å². The highest BCUT2D eigenvalue weighted by atomic mass is 16.3. The quantitative estimate of drug-likeness (QED) is 0.174. The van der Waals surface area contributed by atoms with E-state index < -0.39 is 0 Å². The van der Waals surface area contributed by atoms with Crippen LogP contribution in [-0.2, 0) is 0 Å². The molecule has 3 aromatic heterocycles. The number of aromatic nitrogens is 2. The first-order valence-corrected chi connectivity index (χ1v) is 16.7. The molecule has 0 radical (unpaired) electrons. The van der Waals surface area contributed by atoms with Gasteiger partial charge in [-0.05, 0) is 93.5 Å². The van der Waals surface area contributed by atoms with Gasteiger partial charge in [-0.15, -0.1) is 0 Å². The van der Waals surface area contributed by atoms with Gasteiger partial charge in [0, 0.05) is 41.2 Å². The monoisotopic (exact) mass is 641 g/mol. The number of furan rings is 1. The second-order valence-electron chi connectivity index (χ2n) is 12.3. The average molecular weight is 642 g/mol. The molecule has 0 unspecified atom stereocenters. The summed E-state index contributed by atoms with van der Waals surface area (Å²) in [6, 6.07) is 59.8. The van der Waals surface area contributed by atoms with Crippen molar-refractivity contribution < 1.29 is 4.42 Å². The van der Waals surface area contributed by atoms with Crippen molar-refractivity contribution in [2.75, 3.05) is 4.90 Å². The third kappa shape index (κ3) is 5.49. The third-order valence-electron chi connectivity index (χ3n) is 9.23. The van der Waals surface area contributed by atoms with Crippen LogP contribution in [0.1, 0.15) is 0 Å². The molecule has 0 aliphatic heterocycles. The van der Waals surface area contributed by atoms with E-state index in [0.717, 1.165) is 61.4 Å². The van der Waals surface area contributed by atoms with Gasteiger partial charge in [0.15, 0.2) is 5.58 Å². The minimum absolute atomic E-state index is 0.762. The van der Waals surface area contributed by atoms with Gasteiger partial charge in [-0.3, -0.25) is 9.97 Å². The fraction of sp³-hybridized carbons (Fsp3) is 0. The molecule has 0 bridgehead atoms. The van der Waals surface area contributed by atoms with Crippen molar-refractivity contribution in [2.24, 2.45) is 0 Å². The zero-order valence-electron chi connectivity index (χ0n) is 27.1. The van der Waals surface area contributed by atoms with Crippen LogP contribution in [0.15, 0.2) is 193 Å². The van der Waals surface area contributed by atoms with Crippen molar-refractivity contribution in [3.8, 4) is 44.5 Å². The molecule has 4 nitrogen and oxygen atoms in total. The van der Waals surface area contributed by atoms with Crippen LogP contribution in [0.5, 0.6) is 0 Å². The molecule has 0 N–H and O–H groups in total. The Morgan fingerprint density at radius 1 is 0.420 bits per heavy atom. The standard InChI is InChI=1S/C46H31N3O/c1-3-9-32(10-4-1)34-16-22-39(23-17-34)49(40-24-18-35(19-25-40)33-11-5-2-6-12-33)41-26-20-36(21-27-41)37-13-7-14-38(29-37)42-30-47-31-43-45-44(50-46(42)43)15-8-28-48-45/h1-31H. The number of hydrogen-bond acceptors (Lipinski definition) is 4. The summed E-state index contributed by atoms with van der Waals surface area (Å²) in [5, 5.41) is 0.918. The minimum atomic E-state index is 0.762. The Balaban J connectivity index is 1.07. The molecule has 50 heavy (non-hydrogen) atoms. The zero-order valence-corrected chi connectivity index (χ0v) is 27.1. The maximum absolute atomic E-state index is 6.27. The van der Waals surface area contributed by atoms with Crippen LogP contribution >= 0.6 is 0 Å². The molecular formula is C46H31N3O. The number of hydrogen-bond donors (Lipinski definition) is 0. The van der Waals surface area contributed by atoms with Crippen molar-refractivity contribution in [1.82, 2.24) is 9.97 Å². The summed E-state index contributed by atoms with van der Waals surface area (Å²) in [6.07, 6.45) is 5.49. The molecule has 0 atom stereocenters. The van der Waals surface area contributed by atoms with Crippen LogP contribution in [0.25, 0.3) is 66.6 Å². The summed E-state index contributed by atoms with van der Waals surface area (Å²) < 4.78 is 6.27. The first-order valence-electron chi connectivity index (χ1n) is 16.7. The molecule has 0 saturated heterocycles. The molecule has 236 valence electrons. The molecule has 0 amide bonds. The van der Waals surface area contributed by atoms with Crippen LogP contribution in [-0.4, -0.2) is 9.97 Å². The summed E-state index contributed by atoms with van der Waals surface area (Å²) in [4.78, 5) is 11.4. The normalized spacial score (nSPS) is 11.2. The molecule has 3 heterocycles. The summed E-state index contributed by atoms with van der Waals surface area (Å²) in [5.74, 6) is 0. The number of pyridine rings is 2. The van der Waals surface area contributed by atoms with Gasteiger partial charge in [-0.25, -0.2) is 0 Å². The van der Waals surface area contributed by atoms with E-state index in [2.05, 4.69) is 173 Å². The van der Waals surface area contributed by atoms with Crippen LogP contribution in [0.4, 0.5) is 17.1 Å². The lowest BCUT2D eigenvalue weighted by Gasteiger charge is -2.26. The van der Waals surface area contributed by atoms with Gasteiger partial charge in [-0.2, -0.15) is 0 Å². The van der Waals surface area contributed by atoms with Crippen molar-refractivity contribution in [3.63, 3.8) is 0 Å². The van der Waals surface area contributed by atoms with Gasteiger partial charge in [-0.1, -0.05) is 115 Å². The first kappa shape index (κ1) is 29.4. The number of rotatable bonds is 7. The van der Waals surface area contributed by atoms with E-state index in [4.69, 9.17) is 4.42 Å². The third-order valence-corrected chi connectivity index (χ3v) is 9.23. The van der Waals surface area contributed by atoms with E-state index in [1.165, 1.54) is 22.3 Å². The molecule has 9 rings (SSSR count). The fourth-order valence-electron chi connectivity index (χ4n) is 6.70. The maximum atomic E-state index is 6.27. The van der Waals surface area contributed by atoms with E-state index in [1.54, 1.807) is 6.20 Å². The SMILES string of the molecule is c1ccc(-c2ccc(N(c3ccc(-c4ccccc4)cc3)c3ccc(-c4cccc(-c5cncc6c5oc5cccnc56)c4)cc3)cc2)cc1. The van der Waals surface area contributed by atoms with Gasteiger partial charge in [0.25, 0.3) is 0 Å². The zero-order chi connectivity index (χ0) is 33.3. The molecule has 0 spiro atoms. The smallest absolute Gasteiger partial charge is 0.153 e. The maximum Gasteiger partial charge on any atom is 0.153 e. The molecule has 0 fully saturated rings. The van der Waals surface area contributed by atoms with Gasteiger partial charge in [0.05, 0.1) is 5.39 Å². The summed E-state index contributed by atoms with van der Waals surface area (Å²) in [6.45, 7) is 0. The predicted octanol–water partition coefficient (Wildman–Crippen LogP) is 12.5. The number of anilines is 3. The van der Waals surface area contributed by atoms with E-state index in [9.17, 15) is 0 Å². The molecule has 9 aromatic rings. The fourth-order valence-corrected chi connectivity index (χ4v) is 6.70. The highest BCUT2D eigenvalue weighted by Crippen LogP contribution is 2.39. The Labute approximate surface area is 290 Å². The van der Waals surface area contributed by atoms with Gasteiger partial charge >= 0.3 is 0 Å².